The fourth-order valence-corrected chi connectivity index (χ4v) is 3.34. The number of pyridine rings is 1. The van der Waals surface area contributed by atoms with Crippen molar-refractivity contribution in [3.8, 4) is 5.88 Å². The first-order valence-electron chi connectivity index (χ1n) is 7.10. The number of fused-ring (bicyclic) bond motifs is 1. The van der Waals surface area contributed by atoms with Crippen LogP contribution in [-0.2, 0) is 0 Å². The number of benzene rings is 1. The minimum atomic E-state index is 0.214. The summed E-state index contributed by atoms with van der Waals surface area (Å²) in [5.74, 6) is 0.660. The average molecular weight is 298 g/mol. The van der Waals surface area contributed by atoms with Crippen molar-refractivity contribution < 1.29 is 4.74 Å². The monoisotopic (exact) mass is 298 g/mol. The normalized spacial score (nSPS) is 12.3. The Balaban J connectivity index is 1.84. The molecule has 1 atom stereocenters. The fourth-order valence-electron chi connectivity index (χ4n) is 2.27. The molecule has 0 bridgehead atoms. The van der Waals surface area contributed by atoms with Crippen LogP contribution in [0, 0.1) is 0 Å². The molecule has 0 spiro atoms. The number of thiophene rings is 1. The zero-order chi connectivity index (χ0) is 14.7. The summed E-state index contributed by atoms with van der Waals surface area (Å²) in [7, 11) is 0. The first-order chi connectivity index (χ1) is 10.3. The van der Waals surface area contributed by atoms with Crippen LogP contribution < -0.4 is 10.1 Å². The van der Waals surface area contributed by atoms with Crippen molar-refractivity contribution in [3.05, 3.63) is 53.5 Å². The second-order valence-electron chi connectivity index (χ2n) is 4.84. The molecule has 1 N–H and O–H groups in total. The van der Waals surface area contributed by atoms with Crippen LogP contribution in [0.3, 0.4) is 0 Å². The van der Waals surface area contributed by atoms with Crippen molar-refractivity contribution in [2.75, 3.05) is 11.9 Å². The third-order valence-corrected chi connectivity index (χ3v) is 4.59. The Morgan fingerprint density at radius 2 is 2.10 bits per heavy atom. The molecule has 1 aromatic carbocycles. The largest absolute Gasteiger partial charge is 0.476 e. The topological polar surface area (TPSA) is 34.1 Å². The number of rotatable bonds is 5. The predicted molar refractivity (Wildman–Crippen MR) is 89.3 cm³/mol. The van der Waals surface area contributed by atoms with Gasteiger partial charge in [-0.25, -0.2) is 4.98 Å². The summed E-state index contributed by atoms with van der Waals surface area (Å²) >= 11 is 1.82. The maximum absolute atomic E-state index is 5.56. The predicted octanol–water partition coefficient (Wildman–Crippen LogP) is 4.87. The highest BCUT2D eigenvalue weighted by atomic mass is 32.1. The number of nitrogens with zero attached hydrogens (tertiary/aromatic N) is 1. The van der Waals surface area contributed by atoms with Gasteiger partial charge in [0.2, 0.25) is 5.88 Å². The molecule has 2 heterocycles. The van der Waals surface area contributed by atoms with E-state index < -0.39 is 0 Å². The lowest BCUT2D eigenvalue weighted by Crippen LogP contribution is -2.07. The fraction of sp³-hybridized carbons (Fsp3) is 0.235. The highest BCUT2D eigenvalue weighted by Crippen LogP contribution is 2.33. The molecule has 1 unspecified atom stereocenters. The van der Waals surface area contributed by atoms with E-state index in [0.29, 0.717) is 12.5 Å². The first-order valence-corrected chi connectivity index (χ1v) is 7.92. The van der Waals surface area contributed by atoms with E-state index in [2.05, 4.69) is 47.6 Å². The average Bonchev–Trinajstić information content (AvgIpc) is 2.93. The summed E-state index contributed by atoms with van der Waals surface area (Å²) in [5, 5.41) is 4.79. The maximum Gasteiger partial charge on any atom is 0.237 e. The second-order valence-corrected chi connectivity index (χ2v) is 5.96. The van der Waals surface area contributed by atoms with Crippen LogP contribution >= 0.6 is 11.3 Å². The van der Waals surface area contributed by atoms with Gasteiger partial charge in [0.15, 0.2) is 0 Å². The molecule has 0 saturated carbocycles. The minimum Gasteiger partial charge on any atom is -0.476 e. The SMILES string of the molecule is CCOc1ncccc1NC(C)c1cc2ccccc2s1. The number of hydrogen-bond acceptors (Lipinski definition) is 4. The van der Waals surface area contributed by atoms with Gasteiger partial charge in [0, 0.05) is 15.8 Å². The van der Waals surface area contributed by atoms with Gasteiger partial charge in [-0.15, -0.1) is 11.3 Å². The van der Waals surface area contributed by atoms with Crippen LogP contribution in [0.1, 0.15) is 24.8 Å². The molecule has 108 valence electrons. The molecule has 0 fully saturated rings. The van der Waals surface area contributed by atoms with Gasteiger partial charge in [-0.3, -0.25) is 0 Å². The van der Waals surface area contributed by atoms with Crippen molar-refractivity contribution in [3.63, 3.8) is 0 Å². The quantitative estimate of drug-likeness (QED) is 0.730. The van der Waals surface area contributed by atoms with Crippen LogP contribution in [0.4, 0.5) is 5.69 Å². The number of anilines is 1. The van der Waals surface area contributed by atoms with Gasteiger partial charge in [-0.1, -0.05) is 18.2 Å². The van der Waals surface area contributed by atoms with Crippen molar-refractivity contribution in [2.24, 2.45) is 0 Å². The highest BCUT2D eigenvalue weighted by molar-refractivity contribution is 7.19. The van der Waals surface area contributed by atoms with Gasteiger partial charge in [0.05, 0.1) is 18.3 Å². The van der Waals surface area contributed by atoms with Gasteiger partial charge in [0.25, 0.3) is 0 Å². The minimum absolute atomic E-state index is 0.214. The zero-order valence-electron chi connectivity index (χ0n) is 12.2. The Hall–Kier alpha value is -2.07. The number of aromatic nitrogens is 1. The van der Waals surface area contributed by atoms with E-state index in [4.69, 9.17) is 4.74 Å². The summed E-state index contributed by atoms with van der Waals surface area (Å²) in [6.45, 7) is 4.74. The van der Waals surface area contributed by atoms with Crippen LogP contribution in [0.2, 0.25) is 0 Å². The summed E-state index contributed by atoms with van der Waals surface area (Å²) in [6.07, 6.45) is 1.75. The number of hydrogen-bond donors (Lipinski definition) is 1. The second kappa shape index (κ2) is 6.14. The highest BCUT2D eigenvalue weighted by Gasteiger charge is 2.12. The van der Waals surface area contributed by atoms with Gasteiger partial charge in [0.1, 0.15) is 0 Å². The number of ether oxygens (including phenoxy) is 1. The Morgan fingerprint density at radius 3 is 2.90 bits per heavy atom. The molecule has 0 aliphatic carbocycles. The molecule has 21 heavy (non-hydrogen) atoms. The van der Waals surface area contributed by atoms with Gasteiger partial charge < -0.3 is 10.1 Å². The Bertz CT molecular complexity index is 705. The van der Waals surface area contributed by atoms with E-state index in [1.165, 1.54) is 15.0 Å². The molecule has 2 aromatic heterocycles. The van der Waals surface area contributed by atoms with E-state index in [9.17, 15) is 0 Å². The van der Waals surface area contributed by atoms with Crippen molar-refractivity contribution in [2.45, 2.75) is 19.9 Å². The molecule has 4 heteroatoms. The Morgan fingerprint density at radius 1 is 1.24 bits per heavy atom. The molecule has 0 amide bonds. The first kappa shape index (κ1) is 13.9. The lowest BCUT2D eigenvalue weighted by Gasteiger charge is -2.16. The molecular weight excluding hydrogens is 280 g/mol. The Labute approximate surface area is 128 Å². The van der Waals surface area contributed by atoms with Crippen molar-refractivity contribution in [1.82, 2.24) is 4.98 Å². The van der Waals surface area contributed by atoms with E-state index in [1.54, 1.807) is 6.20 Å². The van der Waals surface area contributed by atoms with Gasteiger partial charge in [-0.05, 0) is 43.5 Å². The zero-order valence-corrected chi connectivity index (χ0v) is 13.0. The van der Waals surface area contributed by atoms with E-state index in [0.717, 1.165) is 5.69 Å². The molecule has 0 radical (unpaired) electrons. The van der Waals surface area contributed by atoms with Gasteiger partial charge >= 0.3 is 0 Å². The van der Waals surface area contributed by atoms with E-state index in [-0.39, 0.29) is 6.04 Å². The summed E-state index contributed by atoms with van der Waals surface area (Å²) < 4.78 is 6.88. The molecule has 0 saturated heterocycles. The Kier molecular flexibility index (Phi) is 4.06. The molecule has 3 rings (SSSR count). The van der Waals surface area contributed by atoms with Gasteiger partial charge in [-0.2, -0.15) is 0 Å². The third kappa shape index (κ3) is 3.00. The standard InChI is InChI=1S/C17H18N2OS/c1-3-20-17-14(8-6-10-18-17)19-12(2)16-11-13-7-4-5-9-15(13)21-16/h4-12,19H,3H2,1-2H3. The molecule has 0 aliphatic heterocycles. The molecular formula is C17H18N2OS. The lowest BCUT2D eigenvalue weighted by atomic mass is 10.2. The number of nitrogens with one attached hydrogen (secondary N) is 1. The smallest absolute Gasteiger partial charge is 0.237 e. The van der Waals surface area contributed by atoms with Crippen LogP contribution in [0.5, 0.6) is 5.88 Å². The van der Waals surface area contributed by atoms with Crippen molar-refractivity contribution in [1.29, 1.82) is 0 Å². The molecule has 0 aliphatic rings. The van der Waals surface area contributed by atoms with Crippen molar-refractivity contribution >= 4 is 27.1 Å². The molecule has 3 nitrogen and oxygen atoms in total. The van der Waals surface area contributed by atoms with E-state index >= 15 is 0 Å². The third-order valence-electron chi connectivity index (χ3n) is 3.30. The summed E-state index contributed by atoms with van der Waals surface area (Å²) in [5.41, 5.74) is 0.935. The summed E-state index contributed by atoms with van der Waals surface area (Å²) in [4.78, 5) is 5.58. The van der Waals surface area contributed by atoms with Crippen LogP contribution in [-0.4, -0.2) is 11.6 Å². The van der Waals surface area contributed by atoms with E-state index in [1.807, 2.05) is 30.4 Å². The van der Waals surface area contributed by atoms with Crippen LogP contribution in [0.25, 0.3) is 10.1 Å². The van der Waals surface area contributed by atoms with Crippen LogP contribution in [0.15, 0.2) is 48.7 Å². The molecule has 3 aromatic rings. The summed E-state index contributed by atoms with van der Waals surface area (Å²) in [6, 6.07) is 14.8. The lowest BCUT2D eigenvalue weighted by molar-refractivity contribution is 0.328. The maximum atomic E-state index is 5.56.